The molecule has 3 aromatic rings. The zero-order valence-corrected chi connectivity index (χ0v) is 17.2. The van der Waals surface area contributed by atoms with Crippen LogP contribution in [0.5, 0.6) is 0 Å². The van der Waals surface area contributed by atoms with E-state index in [1.165, 1.54) is 22.4 Å². The van der Waals surface area contributed by atoms with Crippen molar-refractivity contribution in [3.63, 3.8) is 0 Å². The Kier molecular flexibility index (Phi) is 4.58. The van der Waals surface area contributed by atoms with Gasteiger partial charge in [-0.1, -0.05) is 78.9 Å². The van der Waals surface area contributed by atoms with E-state index in [9.17, 15) is 0 Å². The van der Waals surface area contributed by atoms with E-state index >= 15 is 0 Å². The summed E-state index contributed by atoms with van der Waals surface area (Å²) < 4.78 is 0. The zero-order valence-electron chi connectivity index (χ0n) is 17.2. The molecule has 2 heteroatoms. The first-order chi connectivity index (χ1) is 13.5. The van der Waals surface area contributed by atoms with E-state index in [0.29, 0.717) is 0 Å². The van der Waals surface area contributed by atoms with Crippen molar-refractivity contribution >= 4 is 11.4 Å². The van der Waals surface area contributed by atoms with Gasteiger partial charge < -0.3 is 4.90 Å². The van der Waals surface area contributed by atoms with Gasteiger partial charge in [0.2, 0.25) is 0 Å². The Morgan fingerprint density at radius 3 is 1.96 bits per heavy atom. The number of aliphatic imine (C=N–C) groups is 1. The molecular formula is C26H28N2. The Morgan fingerprint density at radius 2 is 1.36 bits per heavy atom. The van der Waals surface area contributed by atoms with Gasteiger partial charge in [-0.25, -0.2) is 0 Å². The molecule has 0 fully saturated rings. The molecule has 1 aliphatic heterocycles. The average molecular weight is 369 g/mol. The number of fused-ring (bicyclic) bond motifs is 1. The van der Waals surface area contributed by atoms with Crippen LogP contribution in [0.1, 0.15) is 37.5 Å². The van der Waals surface area contributed by atoms with Crippen molar-refractivity contribution in [3.05, 3.63) is 102 Å². The van der Waals surface area contributed by atoms with Crippen molar-refractivity contribution in [3.8, 4) is 0 Å². The summed E-state index contributed by atoms with van der Waals surface area (Å²) in [4.78, 5) is 7.48. The molecule has 0 bridgehead atoms. The molecule has 28 heavy (non-hydrogen) atoms. The third kappa shape index (κ3) is 2.84. The molecular weight excluding hydrogens is 340 g/mol. The lowest BCUT2D eigenvalue weighted by molar-refractivity contribution is 0.400. The molecule has 0 aromatic heterocycles. The maximum Gasteiger partial charge on any atom is 0.112 e. The van der Waals surface area contributed by atoms with E-state index in [4.69, 9.17) is 4.99 Å². The highest BCUT2D eigenvalue weighted by molar-refractivity contribution is 6.17. The Balaban J connectivity index is 2.05. The van der Waals surface area contributed by atoms with Crippen LogP contribution in [0.3, 0.4) is 0 Å². The van der Waals surface area contributed by atoms with Crippen molar-refractivity contribution < 1.29 is 0 Å². The Labute approximate surface area is 168 Å². The van der Waals surface area contributed by atoms with Crippen molar-refractivity contribution in [1.29, 1.82) is 0 Å². The summed E-state index contributed by atoms with van der Waals surface area (Å²) in [6, 6.07) is 30.3. The Hall–Kier alpha value is -2.87. The molecule has 0 saturated heterocycles. The summed E-state index contributed by atoms with van der Waals surface area (Å²) in [7, 11) is 1.93. The van der Waals surface area contributed by atoms with Crippen LogP contribution < -0.4 is 4.90 Å². The quantitative estimate of drug-likeness (QED) is 0.565. The van der Waals surface area contributed by atoms with E-state index in [-0.39, 0.29) is 11.1 Å². The molecule has 0 radical (unpaired) electrons. The first-order valence-electron chi connectivity index (χ1n) is 9.95. The predicted molar refractivity (Wildman–Crippen MR) is 119 cm³/mol. The highest BCUT2D eigenvalue weighted by Crippen LogP contribution is 2.50. The van der Waals surface area contributed by atoms with Crippen LogP contribution in [-0.2, 0) is 12.0 Å². The molecule has 1 heterocycles. The van der Waals surface area contributed by atoms with Gasteiger partial charge in [0.25, 0.3) is 0 Å². The SMILES string of the molecule is CN=C1c2ccccc2N(C(C)(C)C)C1(Cc1ccccc1)c1ccccc1. The average Bonchev–Trinajstić information content (AvgIpc) is 2.99. The monoisotopic (exact) mass is 368 g/mol. The molecule has 0 aliphatic carbocycles. The summed E-state index contributed by atoms with van der Waals surface area (Å²) in [6.07, 6.45) is 0.872. The standard InChI is InChI=1S/C26H28N2/c1-25(2,3)28-23-18-12-11-17-22(23)24(27-4)26(28,21-15-9-6-10-16-21)19-20-13-7-5-8-14-20/h5-18H,19H2,1-4H3. The highest BCUT2D eigenvalue weighted by atomic mass is 15.3. The van der Waals surface area contributed by atoms with Crippen molar-refractivity contribution in [1.82, 2.24) is 0 Å². The third-order valence-electron chi connectivity index (χ3n) is 5.62. The Bertz CT molecular complexity index is 984. The molecule has 1 unspecified atom stereocenters. The van der Waals surface area contributed by atoms with Crippen LogP contribution >= 0.6 is 0 Å². The molecule has 0 amide bonds. The number of benzene rings is 3. The van der Waals surface area contributed by atoms with Crippen LogP contribution in [-0.4, -0.2) is 18.3 Å². The van der Waals surface area contributed by atoms with Crippen molar-refractivity contribution in [2.45, 2.75) is 38.3 Å². The largest absolute Gasteiger partial charge is 0.350 e. The summed E-state index contributed by atoms with van der Waals surface area (Å²) in [5.74, 6) is 0. The van der Waals surface area contributed by atoms with E-state index in [2.05, 4.69) is 111 Å². The van der Waals surface area contributed by atoms with E-state index in [1.807, 2.05) is 7.05 Å². The van der Waals surface area contributed by atoms with Gasteiger partial charge in [0.1, 0.15) is 5.54 Å². The van der Waals surface area contributed by atoms with Gasteiger partial charge in [-0.3, -0.25) is 4.99 Å². The first kappa shape index (κ1) is 18.5. The van der Waals surface area contributed by atoms with E-state index in [0.717, 1.165) is 12.1 Å². The number of para-hydroxylation sites is 1. The zero-order chi connectivity index (χ0) is 19.8. The molecule has 2 nitrogen and oxygen atoms in total. The highest BCUT2D eigenvalue weighted by Gasteiger charge is 2.53. The summed E-state index contributed by atoms with van der Waals surface area (Å²) in [5.41, 5.74) is 5.82. The molecule has 4 rings (SSSR count). The van der Waals surface area contributed by atoms with Gasteiger partial charge in [0, 0.05) is 30.3 Å². The van der Waals surface area contributed by atoms with Gasteiger partial charge in [-0.05, 0) is 38.0 Å². The van der Waals surface area contributed by atoms with Crippen LogP contribution in [0, 0.1) is 0 Å². The first-order valence-corrected chi connectivity index (χ1v) is 9.95. The minimum atomic E-state index is -0.348. The topological polar surface area (TPSA) is 15.6 Å². The molecule has 1 atom stereocenters. The molecule has 0 N–H and O–H groups in total. The van der Waals surface area contributed by atoms with Gasteiger partial charge in [-0.2, -0.15) is 0 Å². The van der Waals surface area contributed by atoms with Crippen LogP contribution in [0.4, 0.5) is 5.69 Å². The number of hydrogen-bond acceptors (Lipinski definition) is 2. The van der Waals surface area contributed by atoms with Gasteiger partial charge >= 0.3 is 0 Å². The smallest absolute Gasteiger partial charge is 0.112 e. The normalized spacial score (nSPS) is 20.4. The van der Waals surface area contributed by atoms with E-state index in [1.54, 1.807) is 0 Å². The summed E-state index contributed by atoms with van der Waals surface area (Å²) >= 11 is 0. The van der Waals surface area contributed by atoms with Gasteiger partial charge in [-0.15, -0.1) is 0 Å². The Morgan fingerprint density at radius 1 is 0.786 bits per heavy atom. The number of hydrogen-bond donors (Lipinski definition) is 0. The molecule has 1 aliphatic rings. The maximum atomic E-state index is 4.89. The minimum Gasteiger partial charge on any atom is -0.350 e. The predicted octanol–water partition coefficient (Wildman–Crippen LogP) is 5.86. The maximum absolute atomic E-state index is 4.89. The van der Waals surface area contributed by atoms with Crippen molar-refractivity contribution in [2.24, 2.45) is 4.99 Å². The van der Waals surface area contributed by atoms with E-state index < -0.39 is 0 Å². The number of anilines is 1. The fraction of sp³-hybridized carbons (Fsp3) is 0.269. The van der Waals surface area contributed by atoms with Crippen LogP contribution in [0.15, 0.2) is 89.9 Å². The van der Waals surface area contributed by atoms with Gasteiger partial charge in [0.05, 0.1) is 5.71 Å². The second kappa shape index (κ2) is 6.94. The second-order valence-corrected chi connectivity index (χ2v) is 8.48. The fourth-order valence-corrected chi connectivity index (χ4v) is 4.78. The van der Waals surface area contributed by atoms with Crippen LogP contribution in [0.2, 0.25) is 0 Å². The van der Waals surface area contributed by atoms with Gasteiger partial charge in [0.15, 0.2) is 0 Å². The third-order valence-corrected chi connectivity index (χ3v) is 5.62. The minimum absolute atomic E-state index is 0.0762. The fourth-order valence-electron chi connectivity index (χ4n) is 4.78. The molecule has 0 saturated carbocycles. The molecule has 0 spiro atoms. The second-order valence-electron chi connectivity index (χ2n) is 8.48. The lowest BCUT2D eigenvalue weighted by atomic mass is 9.77. The lowest BCUT2D eigenvalue weighted by Gasteiger charge is -2.48. The van der Waals surface area contributed by atoms with Crippen molar-refractivity contribution in [2.75, 3.05) is 11.9 Å². The lowest BCUT2D eigenvalue weighted by Crippen LogP contribution is -2.57. The van der Waals surface area contributed by atoms with Crippen LogP contribution in [0.25, 0.3) is 0 Å². The molecule has 3 aromatic carbocycles. The summed E-state index contributed by atoms with van der Waals surface area (Å²) in [6.45, 7) is 6.89. The summed E-state index contributed by atoms with van der Waals surface area (Å²) in [5, 5.41) is 0. The molecule has 142 valence electrons. The number of nitrogens with zero attached hydrogens (tertiary/aromatic N) is 2. The number of rotatable bonds is 3.